The van der Waals surface area contributed by atoms with Crippen molar-refractivity contribution >= 4 is 24.5 Å². The molecule has 0 aliphatic heterocycles. The Morgan fingerprint density at radius 1 is 1.00 bits per heavy atom. The third-order valence-electron chi connectivity index (χ3n) is 0. The summed E-state index contributed by atoms with van der Waals surface area (Å²) < 4.78 is 0. The van der Waals surface area contributed by atoms with Crippen LogP contribution in [0.5, 0.6) is 0 Å². The van der Waals surface area contributed by atoms with Gasteiger partial charge in [0.1, 0.15) is 0 Å². The summed E-state index contributed by atoms with van der Waals surface area (Å²) >= 11 is 0. The molecule has 0 atom stereocenters. The zero-order valence-electron chi connectivity index (χ0n) is 1.30. The molecule has 0 aromatic rings. The van der Waals surface area contributed by atoms with Crippen molar-refractivity contribution in [1.29, 1.82) is 0 Å². The van der Waals surface area contributed by atoms with Gasteiger partial charge >= 0.3 is 0 Å². The van der Waals surface area contributed by atoms with Gasteiger partial charge in [0, 0.05) is 17.1 Å². The average molecular weight is 148 g/mol. The minimum absolute atomic E-state index is 0. The van der Waals surface area contributed by atoms with Crippen molar-refractivity contribution in [3.8, 4) is 0 Å². The van der Waals surface area contributed by atoms with Gasteiger partial charge in [0.25, 0.3) is 0 Å². The Morgan fingerprint density at radius 2 is 1.00 bits per heavy atom. The van der Waals surface area contributed by atoms with E-state index in [0.29, 0.717) is 0 Å². The minimum atomic E-state index is 0. The summed E-state index contributed by atoms with van der Waals surface area (Å²) in [5, 5.41) is 0. The maximum atomic E-state index is 0. The van der Waals surface area contributed by atoms with Crippen LogP contribution in [-0.4, -0.2) is 16.4 Å². The van der Waals surface area contributed by atoms with Crippen LogP contribution < -0.4 is 0 Å². The molecule has 0 bridgehead atoms. The van der Waals surface area contributed by atoms with E-state index in [0.717, 1.165) is 0 Å². The van der Waals surface area contributed by atoms with Gasteiger partial charge in [0.05, 0.1) is 0 Å². The van der Waals surface area contributed by atoms with Crippen molar-refractivity contribution in [2.24, 2.45) is 0 Å². The molecule has 0 fully saturated rings. The molecule has 0 saturated carbocycles. The zero-order valence-corrected chi connectivity index (χ0v) is 3.24. The van der Waals surface area contributed by atoms with Crippen LogP contribution in [0.1, 0.15) is 0 Å². The maximum Gasteiger partial charge on any atom is 0 e. The fourth-order valence-corrected chi connectivity index (χ4v) is 0. The Morgan fingerprint density at radius 3 is 1.00 bits per heavy atom. The average Bonchev–Trinajstić information content (AvgIpc) is 0. The first-order valence-electron chi connectivity index (χ1n) is 0. The second-order valence-corrected chi connectivity index (χ2v) is 0. The van der Waals surface area contributed by atoms with Crippen molar-refractivity contribution < 1.29 is 22.5 Å². The van der Waals surface area contributed by atoms with Crippen molar-refractivity contribution in [2.45, 2.75) is 0 Å². The van der Waals surface area contributed by atoms with Crippen LogP contribution in [0, 0.1) is 0 Å². The summed E-state index contributed by atoms with van der Waals surface area (Å²) in [5.74, 6) is 0. The fourth-order valence-electron chi connectivity index (χ4n) is 0. The molecule has 0 aliphatic carbocycles. The smallest absolute Gasteiger partial charge is 0 e. The monoisotopic (exact) mass is 147 g/mol. The molecule has 1 nitrogen and oxygen atoms in total. The van der Waals surface area contributed by atoms with Crippen molar-refractivity contribution in [3.05, 3.63) is 0 Å². The van der Waals surface area contributed by atoms with E-state index in [-0.39, 0.29) is 47.0 Å². The van der Waals surface area contributed by atoms with E-state index in [1.165, 1.54) is 0 Å². The number of hydrogen-bond acceptors (Lipinski definition) is 0. The van der Waals surface area contributed by atoms with E-state index in [9.17, 15) is 0 Å². The summed E-state index contributed by atoms with van der Waals surface area (Å²) in [6, 6.07) is 0. The first-order valence-corrected chi connectivity index (χ1v) is 0. The normalized spacial score (nSPS) is 0. The Kier molecular flexibility index (Phi) is 647. The van der Waals surface area contributed by atoms with Crippen molar-refractivity contribution in [1.82, 2.24) is 0 Å². The van der Waals surface area contributed by atoms with E-state index in [1.807, 2.05) is 0 Å². The predicted molar refractivity (Wildman–Crippen MR) is 25.3 cm³/mol. The van der Waals surface area contributed by atoms with E-state index in [1.54, 1.807) is 0 Å². The van der Waals surface area contributed by atoms with Gasteiger partial charge in [-0.3, -0.25) is 0 Å². The van der Waals surface area contributed by atoms with Crippen molar-refractivity contribution in [2.75, 3.05) is 0 Å². The molecule has 0 amide bonds. The number of rotatable bonds is 0. The van der Waals surface area contributed by atoms with E-state index >= 15 is 0 Å². The second-order valence-electron chi connectivity index (χ2n) is 0. The van der Waals surface area contributed by atoms with Gasteiger partial charge in [-0.25, -0.2) is 0 Å². The maximum absolute atomic E-state index is 0. The van der Waals surface area contributed by atoms with Gasteiger partial charge in [-0.2, -0.15) is 13.5 Å². The molecule has 2 N–H and O–H groups in total. The first-order chi connectivity index (χ1) is 0. The molecule has 4 heavy (non-hydrogen) atoms. The van der Waals surface area contributed by atoms with E-state index in [2.05, 4.69) is 0 Å². The SMILES string of the molecule is O.S.[Cu].[SiH4]. The largest absolute Gasteiger partial charge is 0.412 e. The third kappa shape index (κ3) is 11.7. The minimum Gasteiger partial charge on any atom is -0.412 e. The van der Waals surface area contributed by atoms with Crippen LogP contribution in [0.25, 0.3) is 0 Å². The van der Waals surface area contributed by atoms with Gasteiger partial charge in [0.2, 0.25) is 0 Å². The molecule has 0 unspecified atom stereocenters. The Hall–Kier alpha value is 1.05. The molecule has 0 saturated heterocycles. The molecule has 0 aromatic carbocycles. The standard InChI is InChI=1S/Cu.H2O.H2S.H4Si/h;2*1H2;1H4. The van der Waals surface area contributed by atoms with Gasteiger partial charge in [-0.15, -0.1) is 0 Å². The zero-order chi connectivity index (χ0) is 0. The van der Waals surface area contributed by atoms with Gasteiger partial charge < -0.3 is 5.48 Å². The third-order valence-corrected chi connectivity index (χ3v) is 0. The summed E-state index contributed by atoms with van der Waals surface area (Å²) in [6.45, 7) is 0. The fraction of sp³-hybridized carbons (Fsp3) is 0. The summed E-state index contributed by atoms with van der Waals surface area (Å²) in [6.07, 6.45) is 0. The van der Waals surface area contributed by atoms with Gasteiger partial charge in [-0.1, -0.05) is 0 Å². The molecule has 35 valence electrons. The Labute approximate surface area is 47.4 Å². The van der Waals surface area contributed by atoms with Crippen molar-refractivity contribution in [3.63, 3.8) is 0 Å². The number of hydrogen-bond donors (Lipinski definition) is 0. The van der Waals surface area contributed by atoms with E-state index < -0.39 is 0 Å². The molecular formula is H8CuOSSi. The molecule has 0 rings (SSSR count). The van der Waals surface area contributed by atoms with E-state index in [4.69, 9.17) is 0 Å². The molecule has 1 radical (unpaired) electrons. The molecule has 0 aromatic heterocycles. The molecule has 0 spiro atoms. The summed E-state index contributed by atoms with van der Waals surface area (Å²) in [5.41, 5.74) is 0. The van der Waals surface area contributed by atoms with Crippen LogP contribution in [0.15, 0.2) is 0 Å². The molecule has 4 heteroatoms. The first kappa shape index (κ1) is 75.5. The topological polar surface area (TPSA) is 31.5 Å². The quantitative estimate of drug-likeness (QED) is 0.350. The summed E-state index contributed by atoms with van der Waals surface area (Å²) in [7, 11) is 0. The van der Waals surface area contributed by atoms with Gasteiger partial charge in [-0.05, 0) is 11.0 Å². The van der Waals surface area contributed by atoms with Crippen LogP contribution in [0.4, 0.5) is 0 Å². The van der Waals surface area contributed by atoms with Crippen LogP contribution in [0.2, 0.25) is 0 Å². The van der Waals surface area contributed by atoms with Crippen LogP contribution >= 0.6 is 13.5 Å². The van der Waals surface area contributed by atoms with Crippen LogP contribution in [-0.2, 0) is 17.1 Å². The molecule has 0 heterocycles. The van der Waals surface area contributed by atoms with Gasteiger partial charge in [0.15, 0.2) is 0 Å². The predicted octanol–water partition coefficient (Wildman–Crippen LogP) is -2.17. The summed E-state index contributed by atoms with van der Waals surface area (Å²) in [4.78, 5) is 0. The Balaban J connectivity index is 0. The molecule has 0 aliphatic rings. The van der Waals surface area contributed by atoms with Crippen LogP contribution in [0.3, 0.4) is 0 Å². The second kappa shape index (κ2) is 34.3. The molecular weight excluding hydrogens is 140 g/mol. The Bertz CT molecular complexity index is 8.00.